The van der Waals surface area contributed by atoms with E-state index in [0.717, 1.165) is 0 Å². The van der Waals surface area contributed by atoms with Crippen molar-refractivity contribution in [2.24, 2.45) is 0 Å². The minimum Gasteiger partial charge on any atom is -0.300 e. The molecule has 0 atom stereocenters. The van der Waals surface area contributed by atoms with Crippen LogP contribution in [0.5, 0.6) is 0 Å². The fourth-order valence-corrected chi connectivity index (χ4v) is 4.80. The number of carbonyl (C=O) groups is 18. The molecule has 2 aromatic carbocycles. The molecule has 0 N–H and O–H groups in total. The Morgan fingerprint density at radius 3 is 0.413 bits per heavy atom. The maximum atomic E-state index is 11.4. The molecule has 0 fully saturated rings. The number of hydrogen-bond acceptors (Lipinski definition) is 18. The second kappa shape index (κ2) is 51.4. The normalized spacial score (nSPS) is 9.04. The largest absolute Gasteiger partial charge is 0.300 e. The van der Waals surface area contributed by atoms with Gasteiger partial charge >= 0.3 is 0 Å². The zero-order valence-corrected chi connectivity index (χ0v) is 44.6. The van der Waals surface area contributed by atoms with Gasteiger partial charge in [0, 0.05) is 19.3 Å². The lowest BCUT2D eigenvalue weighted by Gasteiger charge is -2.00. The molecule has 0 aromatic heterocycles. The number of ketones is 18. The van der Waals surface area contributed by atoms with E-state index in [1.165, 1.54) is 41.5 Å². The highest BCUT2D eigenvalue weighted by molar-refractivity contribution is 6.16. The predicted octanol–water partition coefficient (Wildman–Crippen LogP) is 7.63. The lowest BCUT2D eigenvalue weighted by molar-refractivity contribution is -0.136. The first kappa shape index (κ1) is 78.9. The van der Waals surface area contributed by atoms with Crippen molar-refractivity contribution in [2.75, 3.05) is 0 Å². The van der Waals surface area contributed by atoms with Crippen LogP contribution in [0.25, 0.3) is 0 Å². The second-order valence-electron chi connectivity index (χ2n) is 16.5. The maximum absolute atomic E-state index is 11.4. The molecule has 18 nitrogen and oxygen atoms in total. The van der Waals surface area contributed by atoms with Crippen molar-refractivity contribution in [1.29, 1.82) is 0 Å². The van der Waals surface area contributed by atoms with Gasteiger partial charge in [0.25, 0.3) is 0 Å². The third kappa shape index (κ3) is 70.8. The molecule has 18 heteroatoms. The van der Waals surface area contributed by atoms with Gasteiger partial charge in [-0.05, 0) is 48.5 Å². The summed E-state index contributed by atoms with van der Waals surface area (Å²) in [5.41, 5.74) is 0. The van der Waals surface area contributed by atoms with Crippen LogP contribution < -0.4 is 0 Å². The maximum Gasteiger partial charge on any atom is 0.147 e. The van der Waals surface area contributed by atoms with Crippen molar-refractivity contribution in [1.82, 2.24) is 0 Å². The summed E-state index contributed by atoms with van der Waals surface area (Å²) in [4.78, 5) is 195. The SMILES string of the molecule is C.CC(=O)CC(=O)CC(C)=O.CC(=O)CC(C)=O.CCC(=O)CC(=O)CC(=O)CC(=O)CC(=O)CC(C)=O.CCC(=O)CC(=O)CC(=O)CC(=O)CC(=O)CC(C)=O.CCC(C)=O.c1ccccc1.c1ccccc1. The van der Waals surface area contributed by atoms with E-state index in [1.807, 2.05) is 79.7 Å². The molecule has 0 aliphatic rings. The first-order valence-corrected chi connectivity index (χ1v) is 23.5. The summed E-state index contributed by atoms with van der Waals surface area (Å²) in [6, 6.07) is 24.0. The Morgan fingerprint density at radius 1 is 0.187 bits per heavy atom. The highest BCUT2D eigenvalue weighted by atomic mass is 16.2. The Morgan fingerprint density at radius 2 is 0.307 bits per heavy atom. The average Bonchev–Trinajstić information content (AvgIpc) is 3.26. The molecule has 414 valence electrons. The molecular weight excluding hydrogens is 973 g/mol. The van der Waals surface area contributed by atoms with E-state index in [0.29, 0.717) is 6.42 Å². The molecule has 0 amide bonds. The van der Waals surface area contributed by atoms with Crippen LogP contribution in [-0.4, -0.2) is 104 Å². The fourth-order valence-electron chi connectivity index (χ4n) is 4.80. The predicted molar refractivity (Wildman–Crippen MR) is 280 cm³/mol. The van der Waals surface area contributed by atoms with Crippen LogP contribution in [0.1, 0.15) is 179 Å². The number of hydrogen-bond donors (Lipinski definition) is 0. The van der Waals surface area contributed by atoms with E-state index < -0.39 is 84.8 Å². The summed E-state index contributed by atoms with van der Waals surface area (Å²) in [6.45, 7) is 14.6. The molecule has 2 aromatic rings. The van der Waals surface area contributed by atoms with E-state index in [1.54, 1.807) is 20.8 Å². The Labute approximate surface area is 441 Å². The summed E-state index contributed by atoms with van der Waals surface area (Å²) in [7, 11) is 0. The van der Waals surface area contributed by atoms with E-state index in [-0.39, 0.29) is 123 Å². The monoisotopic (exact) mass is 1050 g/mol. The highest BCUT2D eigenvalue weighted by Gasteiger charge is 2.20. The lowest BCUT2D eigenvalue weighted by atomic mass is 10.0. The first-order valence-electron chi connectivity index (χ1n) is 23.5. The Hall–Kier alpha value is -7.50. The van der Waals surface area contributed by atoms with Crippen molar-refractivity contribution in [2.45, 2.75) is 179 Å². The van der Waals surface area contributed by atoms with E-state index in [4.69, 9.17) is 0 Å². The summed E-state index contributed by atoms with van der Waals surface area (Å²) in [6.07, 6.45) is -3.24. The summed E-state index contributed by atoms with van der Waals surface area (Å²) >= 11 is 0. The van der Waals surface area contributed by atoms with Gasteiger partial charge in [0.15, 0.2) is 0 Å². The third-order valence-corrected chi connectivity index (χ3v) is 8.06. The molecule has 75 heavy (non-hydrogen) atoms. The molecular formula is C57H78O18. The molecule has 0 unspecified atom stereocenters. The summed E-state index contributed by atoms with van der Waals surface area (Å²) < 4.78 is 0. The van der Waals surface area contributed by atoms with Crippen molar-refractivity contribution in [3.8, 4) is 0 Å². The van der Waals surface area contributed by atoms with Crippen LogP contribution in [0.2, 0.25) is 0 Å². The molecule has 0 heterocycles. The Balaban J connectivity index is -0.000000198. The zero-order chi connectivity index (χ0) is 58.2. The fraction of sp³-hybridized carbons (Fsp3) is 0.474. The highest BCUT2D eigenvalue weighted by Crippen LogP contribution is 2.04. The quantitative estimate of drug-likeness (QED) is 0.0707. The van der Waals surface area contributed by atoms with E-state index in [2.05, 4.69) is 0 Å². The van der Waals surface area contributed by atoms with Gasteiger partial charge < -0.3 is 4.79 Å². The Bertz CT molecular complexity index is 2000. The average molecular weight is 1050 g/mol. The number of carbonyl (C=O) groups excluding carboxylic acids is 18. The summed E-state index contributed by atoms with van der Waals surface area (Å²) in [5.74, 6) is -6.32. The van der Waals surface area contributed by atoms with Gasteiger partial charge in [-0.1, -0.05) is 101 Å². The lowest BCUT2D eigenvalue weighted by Crippen LogP contribution is -2.17. The molecule has 0 aliphatic heterocycles. The topological polar surface area (TPSA) is 307 Å². The smallest absolute Gasteiger partial charge is 0.147 e. The molecule has 0 saturated heterocycles. The molecule has 0 aliphatic carbocycles. The number of Topliss-reactive ketones (excluding diaryl/α,β-unsaturated/α-hetero) is 18. The van der Waals surface area contributed by atoms with Gasteiger partial charge in [0.1, 0.15) is 104 Å². The molecule has 0 saturated carbocycles. The van der Waals surface area contributed by atoms with Gasteiger partial charge in [-0.25, -0.2) is 0 Å². The van der Waals surface area contributed by atoms with E-state index in [9.17, 15) is 86.3 Å². The van der Waals surface area contributed by atoms with Crippen LogP contribution in [0, 0.1) is 0 Å². The van der Waals surface area contributed by atoms with Crippen molar-refractivity contribution in [3.63, 3.8) is 0 Å². The van der Waals surface area contributed by atoms with Crippen molar-refractivity contribution in [3.05, 3.63) is 72.8 Å². The van der Waals surface area contributed by atoms with Gasteiger partial charge in [0.05, 0.1) is 83.5 Å². The third-order valence-electron chi connectivity index (χ3n) is 8.06. The van der Waals surface area contributed by atoms with Gasteiger partial charge in [-0.15, -0.1) is 0 Å². The zero-order valence-electron chi connectivity index (χ0n) is 44.6. The van der Waals surface area contributed by atoms with Crippen LogP contribution >= 0.6 is 0 Å². The van der Waals surface area contributed by atoms with Crippen LogP contribution in [0.15, 0.2) is 72.8 Å². The molecule has 0 spiro atoms. The van der Waals surface area contributed by atoms with Gasteiger partial charge in [0.2, 0.25) is 0 Å². The minimum atomic E-state index is -0.615. The molecule has 0 radical (unpaired) electrons. The standard InChI is InChI=1S/2C14H18O6.C7H10O3.2C6H6.C5H8O2.C4H8O.CH4/c2*1-3-10(16)5-12(18)7-14(20)8-13(19)6-11(17)4-9(2)15;1-5(8)3-7(10)4-6(2)9;2*1-2-4-6-5-3-1;1-4(6)3-5(2)7;1-3-4(2)5;/h2*3-8H2,1-2H3;3-4H2,1-2H3;2*1-6H;3H2,1-2H3;3H2,1-2H3;1H4. The van der Waals surface area contributed by atoms with E-state index >= 15 is 0 Å². The minimum absolute atomic E-state index is 0. The summed E-state index contributed by atoms with van der Waals surface area (Å²) in [5, 5.41) is 0. The molecule has 2 rings (SSSR count). The second-order valence-corrected chi connectivity index (χ2v) is 16.5. The van der Waals surface area contributed by atoms with Crippen molar-refractivity contribution >= 4 is 104 Å². The van der Waals surface area contributed by atoms with Crippen LogP contribution in [-0.2, 0) is 86.3 Å². The molecule has 0 bridgehead atoms. The van der Waals surface area contributed by atoms with Gasteiger partial charge in [-0.2, -0.15) is 0 Å². The number of benzene rings is 2. The number of rotatable bonds is 29. The Kier molecular flexibility index (Phi) is 54.1. The van der Waals surface area contributed by atoms with Crippen LogP contribution in [0.3, 0.4) is 0 Å². The van der Waals surface area contributed by atoms with Gasteiger partial charge in [-0.3, -0.25) is 81.5 Å². The first-order chi connectivity index (χ1) is 34.4. The van der Waals surface area contributed by atoms with Crippen molar-refractivity contribution < 1.29 is 86.3 Å². The van der Waals surface area contributed by atoms with Crippen LogP contribution in [0.4, 0.5) is 0 Å².